The quantitative estimate of drug-likeness (QED) is 0.457. The minimum atomic E-state index is -0.0415. The van der Waals surface area contributed by atoms with Gasteiger partial charge in [0.25, 0.3) is 0 Å². The smallest absolute Gasteiger partial charge is 0.185 e. The van der Waals surface area contributed by atoms with E-state index >= 15 is 0 Å². The molecule has 144 valence electrons. The summed E-state index contributed by atoms with van der Waals surface area (Å²) in [6.07, 6.45) is 5.35. The van der Waals surface area contributed by atoms with Gasteiger partial charge in [0.2, 0.25) is 0 Å². The Kier molecular flexibility index (Phi) is 7.06. The predicted octanol–water partition coefficient (Wildman–Crippen LogP) is 3.02. The molecule has 2 aromatic rings. The Morgan fingerprint density at radius 3 is 2.57 bits per heavy atom. The highest BCUT2D eigenvalue weighted by molar-refractivity contribution is 6.06. The fourth-order valence-electron chi connectivity index (χ4n) is 3.23. The molecule has 1 aliphatic heterocycles. The first-order chi connectivity index (χ1) is 13.6. The van der Waals surface area contributed by atoms with Crippen LogP contribution in [0, 0.1) is 0 Å². The van der Waals surface area contributed by atoms with E-state index in [2.05, 4.69) is 4.90 Å². The van der Waals surface area contributed by atoms with Gasteiger partial charge in [0.1, 0.15) is 5.94 Å². The summed E-state index contributed by atoms with van der Waals surface area (Å²) in [6, 6.07) is 15.4. The van der Waals surface area contributed by atoms with Crippen LogP contribution in [-0.2, 0) is 17.8 Å². The Hall–Kier alpha value is -2.82. The zero-order valence-electron chi connectivity index (χ0n) is 15.8. The molecule has 2 aromatic carbocycles. The minimum Gasteiger partial charge on any atom is -0.314 e. The molecule has 0 unspecified atom stereocenters. The van der Waals surface area contributed by atoms with Crippen LogP contribution in [0.3, 0.4) is 0 Å². The Labute approximate surface area is 165 Å². The van der Waals surface area contributed by atoms with Gasteiger partial charge in [0.15, 0.2) is 5.78 Å². The topological polar surface area (TPSA) is 60.9 Å². The number of nitrogens with zero attached hydrogens (tertiary/aromatic N) is 2. The number of benzene rings is 2. The van der Waals surface area contributed by atoms with Crippen molar-refractivity contribution in [1.82, 2.24) is 9.96 Å². The third-order valence-electron chi connectivity index (χ3n) is 4.77. The summed E-state index contributed by atoms with van der Waals surface area (Å²) in [6.45, 7) is 3.67. The second-order valence-corrected chi connectivity index (χ2v) is 6.90. The van der Waals surface area contributed by atoms with E-state index in [9.17, 15) is 14.8 Å². The maximum absolute atomic E-state index is 12.6. The molecule has 5 heteroatoms. The van der Waals surface area contributed by atoms with Crippen molar-refractivity contribution in [3.8, 4) is 0 Å². The molecule has 0 saturated carbocycles. The summed E-state index contributed by atoms with van der Waals surface area (Å²) < 4.78 is 0. The zero-order chi connectivity index (χ0) is 19.8. The minimum absolute atomic E-state index is 0.0415. The largest absolute Gasteiger partial charge is 0.314 e. The van der Waals surface area contributed by atoms with E-state index < -0.39 is 0 Å². The maximum atomic E-state index is 12.6. The lowest BCUT2D eigenvalue weighted by molar-refractivity contribution is -0.118. The van der Waals surface area contributed by atoms with Crippen LogP contribution in [0.15, 0.2) is 60.7 Å². The monoisotopic (exact) mass is 376 g/mol. The van der Waals surface area contributed by atoms with Crippen molar-refractivity contribution < 1.29 is 14.8 Å². The van der Waals surface area contributed by atoms with Crippen LogP contribution in [0.25, 0.3) is 6.08 Å². The van der Waals surface area contributed by atoms with Crippen molar-refractivity contribution in [2.24, 2.45) is 0 Å². The van der Waals surface area contributed by atoms with E-state index in [4.69, 9.17) is 0 Å². The second kappa shape index (κ2) is 9.93. The van der Waals surface area contributed by atoms with Gasteiger partial charge in [-0.15, -0.1) is 0 Å². The Balaban J connectivity index is 1.64. The van der Waals surface area contributed by atoms with Gasteiger partial charge in [-0.1, -0.05) is 48.5 Å². The molecule has 3 rings (SSSR count). The summed E-state index contributed by atoms with van der Waals surface area (Å²) in [4.78, 5) is 25.2. The van der Waals surface area contributed by atoms with Crippen LogP contribution in [0.5, 0.6) is 0 Å². The van der Waals surface area contributed by atoms with Gasteiger partial charge in [0.05, 0.1) is 0 Å². The number of hydroxylamine groups is 2. The Bertz CT molecular complexity index is 892. The van der Waals surface area contributed by atoms with Crippen molar-refractivity contribution in [3.05, 3.63) is 82.9 Å². The fourth-order valence-corrected chi connectivity index (χ4v) is 3.23. The first-order valence-corrected chi connectivity index (χ1v) is 9.40. The number of ketones is 1. The molecule has 1 heterocycles. The fraction of sp³-hybridized carbons (Fsp3) is 0.261. The summed E-state index contributed by atoms with van der Waals surface area (Å²) in [5.74, 6) is 1.74. The molecule has 0 spiro atoms. The van der Waals surface area contributed by atoms with Crippen LogP contribution in [0.1, 0.15) is 27.0 Å². The van der Waals surface area contributed by atoms with Gasteiger partial charge in [0, 0.05) is 50.8 Å². The van der Waals surface area contributed by atoms with E-state index in [1.807, 2.05) is 48.5 Å². The van der Waals surface area contributed by atoms with Crippen LogP contribution in [0.4, 0.5) is 0 Å². The summed E-state index contributed by atoms with van der Waals surface area (Å²) in [7, 11) is 0. The summed E-state index contributed by atoms with van der Waals surface area (Å²) in [5, 5.41) is 10.8. The van der Waals surface area contributed by atoms with E-state index in [1.165, 1.54) is 11.1 Å². The number of hydrogen-bond donors (Lipinski definition) is 1. The van der Waals surface area contributed by atoms with E-state index in [0.29, 0.717) is 25.1 Å². The van der Waals surface area contributed by atoms with Crippen molar-refractivity contribution in [2.45, 2.75) is 13.0 Å². The van der Waals surface area contributed by atoms with Crippen molar-refractivity contribution >= 4 is 17.8 Å². The first-order valence-electron chi connectivity index (χ1n) is 9.40. The Morgan fingerprint density at radius 1 is 1.04 bits per heavy atom. The van der Waals surface area contributed by atoms with E-state index in [1.54, 1.807) is 18.1 Å². The number of carbonyl (C=O) groups is 1. The van der Waals surface area contributed by atoms with Crippen molar-refractivity contribution in [2.75, 3.05) is 26.2 Å². The number of carbonyl (C=O) groups excluding carboxylic acids is 2. The lowest BCUT2D eigenvalue weighted by atomic mass is 10.0. The number of piperazine rings is 1. The molecular formula is C23H24N2O3. The zero-order valence-corrected chi connectivity index (χ0v) is 15.8. The number of allylic oxidation sites excluding steroid dienone is 2. The normalized spacial score (nSPS) is 15.5. The molecule has 5 nitrogen and oxygen atoms in total. The third-order valence-corrected chi connectivity index (χ3v) is 4.77. The van der Waals surface area contributed by atoms with Crippen molar-refractivity contribution in [1.29, 1.82) is 0 Å². The van der Waals surface area contributed by atoms with Crippen LogP contribution in [-0.4, -0.2) is 53.1 Å². The molecule has 0 amide bonds. The highest BCUT2D eigenvalue weighted by Gasteiger charge is 2.15. The molecule has 0 aromatic heterocycles. The molecule has 0 radical (unpaired) electrons. The van der Waals surface area contributed by atoms with Gasteiger partial charge < -0.3 is 5.21 Å². The lowest BCUT2D eigenvalue weighted by Crippen LogP contribution is -2.44. The van der Waals surface area contributed by atoms with Gasteiger partial charge in [-0.3, -0.25) is 9.69 Å². The average Bonchev–Trinajstić information content (AvgIpc) is 2.73. The van der Waals surface area contributed by atoms with Gasteiger partial charge in [-0.2, -0.15) is 5.06 Å². The molecule has 1 fully saturated rings. The molecule has 1 N–H and O–H groups in total. The Morgan fingerprint density at radius 2 is 1.79 bits per heavy atom. The van der Waals surface area contributed by atoms with E-state index in [0.717, 1.165) is 36.3 Å². The number of hydrogen-bond acceptors (Lipinski definition) is 5. The third kappa shape index (κ3) is 5.84. The maximum Gasteiger partial charge on any atom is 0.185 e. The SMILES string of the molecule is O=C=CCc1cccc(/C=C/C(=O)c2cccc(CN3CCN(O)CC3)c2)c1. The van der Waals surface area contributed by atoms with Crippen LogP contribution >= 0.6 is 0 Å². The average molecular weight is 376 g/mol. The first kappa shape index (κ1) is 19.9. The molecule has 0 bridgehead atoms. The highest BCUT2D eigenvalue weighted by Crippen LogP contribution is 2.13. The van der Waals surface area contributed by atoms with Gasteiger partial charge in [-0.25, -0.2) is 4.79 Å². The summed E-state index contributed by atoms with van der Waals surface area (Å²) in [5.41, 5.74) is 3.67. The molecule has 28 heavy (non-hydrogen) atoms. The summed E-state index contributed by atoms with van der Waals surface area (Å²) >= 11 is 0. The second-order valence-electron chi connectivity index (χ2n) is 6.90. The van der Waals surface area contributed by atoms with Gasteiger partial charge in [-0.05, 0) is 28.8 Å². The molecule has 1 saturated heterocycles. The molecular weight excluding hydrogens is 352 g/mol. The van der Waals surface area contributed by atoms with E-state index in [-0.39, 0.29) is 5.78 Å². The molecule has 1 aliphatic rings. The highest BCUT2D eigenvalue weighted by atomic mass is 16.5. The lowest BCUT2D eigenvalue weighted by Gasteiger charge is -2.31. The molecule has 0 aliphatic carbocycles. The number of rotatable bonds is 7. The van der Waals surface area contributed by atoms with Gasteiger partial charge >= 0.3 is 0 Å². The van der Waals surface area contributed by atoms with Crippen LogP contribution in [0.2, 0.25) is 0 Å². The van der Waals surface area contributed by atoms with Crippen LogP contribution < -0.4 is 0 Å². The standard InChI is InChI=1S/C23H24N2O3/c26-15-3-7-19-4-1-5-20(16-19)9-10-23(27)22-8-2-6-21(17-22)18-24-11-13-25(28)14-12-24/h1-6,8-10,16-17,28H,7,11-14,18H2/b10-9+. The molecule has 0 atom stereocenters. The van der Waals surface area contributed by atoms with Crippen molar-refractivity contribution in [3.63, 3.8) is 0 Å². The predicted molar refractivity (Wildman–Crippen MR) is 109 cm³/mol.